The number of piperidine rings is 1. The summed E-state index contributed by atoms with van der Waals surface area (Å²) in [4.78, 5) is 6.73. The number of pyridine rings is 1. The summed E-state index contributed by atoms with van der Waals surface area (Å²) in [5.41, 5.74) is 7.62. The first-order valence-electron chi connectivity index (χ1n) is 7.19. The molecule has 1 aromatic heterocycles. The molecular formula is C15H23N3. The van der Waals surface area contributed by atoms with Gasteiger partial charge in [-0.15, -0.1) is 0 Å². The highest BCUT2D eigenvalue weighted by molar-refractivity contribution is 5.29. The minimum absolute atomic E-state index is 0.613. The number of hydrogen-bond acceptors (Lipinski definition) is 3. The van der Waals surface area contributed by atoms with Crippen LogP contribution in [0.4, 0.5) is 5.82 Å². The van der Waals surface area contributed by atoms with Gasteiger partial charge in [0.15, 0.2) is 0 Å². The molecule has 2 aliphatic rings. The number of aromatic nitrogens is 1. The maximum Gasteiger partial charge on any atom is 0.123 e. The average molecular weight is 245 g/mol. The topological polar surface area (TPSA) is 42.1 Å². The number of rotatable bonds is 2. The molecule has 0 bridgehead atoms. The molecule has 0 radical (unpaired) electrons. The summed E-state index contributed by atoms with van der Waals surface area (Å²) in [7, 11) is 0. The monoisotopic (exact) mass is 245 g/mol. The number of hydrogen-bond donors (Lipinski definition) is 1. The van der Waals surface area contributed by atoms with Gasteiger partial charge in [0.05, 0.1) is 0 Å². The Kier molecular flexibility index (Phi) is 3.25. The van der Waals surface area contributed by atoms with Crippen LogP contribution in [0, 0.1) is 5.41 Å². The highest BCUT2D eigenvalue weighted by Crippen LogP contribution is 2.46. The van der Waals surface area contributed by atoms with Gasteiger partial charge in [0.1, 0.15) is 5.82 Å². The van der Waals surface area contributed by atoms with Crippen LogP contribution in [0.15, 0.2) is 18.3 Å². The summed E-state index contributed by atoms with van der Waals surface area (Å²) < 4.78 is 0. The zero-order valence-electron chi connectivity index (χ0n) is 11.1. The van der Waals surface area contributed by atoms with Crippen LogP contribution in [0.25, 0.3) is 0 Å². The first-order valence-corrected chi connectivity index (χ1v) is 7.19. The van der Waals surface area contributed by atoms with Crippen LogP contribution in [0.1, 0.15) is 44.1 Å². The van der Waals surface area contributed by atoms with Gasteiger partial charge in [0.25, 0.3) is 0 Å². The van der Waals surface area contributed by atoms with Crippen molar-refractivity contribution in [2.45, 2.75) is 45.1 Å². The van der Waals surface area contributed by atoms with E-state index in [1.165, 1.54) is 57.2 Å². The van der Waals surface area contributed by atoms with Crippen molar-refractivity contribution in [1.29, 1.82) is 0 Å². The Bertz CT molecular complexity index is 383. The van der Waals surface area contributed by atoms with Gasteiger partial charge in [-0.1, -0.05) is 18.9 Å². The van der Waals surface area contributed by atoms with Crippen molar-refractivity contribution in [2.75, 3.05) is 18.8 Å². The molecule has 0 atom stereocenters. The Morgan fingerprint density at radius 1 is 1.11 bits per heavy atom. The zero-order valence-corrected chi connectivity index (χ0v) is 11.1. The van der Waals surface area contributed by atoms with E-state index >= 15 is 0 Å². The maximum absolute atomic E-state index is 5.61. The van der Waals surface area contributed by atoms with Crippen molar-refractivity contribution in [1.82, 2.24) is 9.88 Å². The van der Waals surface area contributed by atoms with Gasteiger partial charge in [-0.2, -0.15) is 0 Å². The molecule has 1 saturated carbocycles. The average Bonchev–Trinajstić information content (AvgIpc) is 2.84. The predicted octanol–water partition coefficient (Wildman–Crippen LogP) is 2.82. The van der Waals surface area contributed by atoms with Gasteiger partial charge in [-0.05, 0) is 55.8 Å². The third kappa shape index (κ3) is 2.51. The quantitative estimate of drug-likeness (QED) is 0.871. The number of nitrogens with zero attached hydrogens (tertiary/aromatic N) is 2. The first kappa shape index (κ1) is 12.0. The first-order chi connectivity index (χ1) is 8.76. The molecular weight excluding hydrogens is 222 g/mol. The molecule has 0 amide bonds. The van der Waals surface area contributed by atoms with Gasteiger partial charge in [0, 0.05) is 12.7 Å². The van der Waals surface area contributed by atoms with Crippen molar-refractivity contribution in [3.63, 3.8) is 0 Å². The van der Waals surface area contributed by atoms with Gasteiger partial charge < -0.3 is 5.73 Å². The molecule has 1 spiro atoms. The third-order valence-electron chi connectivity index (χ3n) is 4.83. The summed E-state index contributed by atoms with van der Waals surface area (Å²) >= 11 is 0. The molecule has 2 fully saturated rings. The molecule has 3 nitrogen and oxygen atoms in total. The van der Waals surface area contributed by atoms with E-state index < -0.39 is 0 Å². The normalized spacial score (nSPS) is 23.6. The Hall–Kier alpha value is -1.09. The summed E-state index contributed by atoms with van der Waals surface area (Å²) in [5, 5.41) is 0. The molecule has 3 rings (SSSR count). The fourth-order valence-electron chi connectivity index (χ4n) is 3.60. The molecule has 1 aliphatic carbocycles. The Balaban J connectivity index is 1.55. The lowest BCUT2D eigenvalue weighted by Crippen LogP contribution is -2.38. The second-order valence-corrected chi connectivity index (χ2v) is 6.07. The summed E-state index contributed by atoms with van der Waals surface area (Å²) in [6.45, 7) is 3.54. The highest BCUT2D eigenvalue weighted by atomic mass is 15.1. The minimum Gasteiger partial charge on any atom is -0.384 e. The van der Waals surface area contributed by atoms with Crippen molar-refractivity contribution < 1.29 is 0 Å². The SMILES string of the molecule is Nc1ccc(CN2CCC3(CCCC3)CC2)cn1. The summed E-state index contributed by atoms with van der Waals surface area (Å²) in [6, 6.07) is 4.00. The van der Waals surface area contributed by atoms with E-state index in [2.05, 4.69) is 16.0 Å². The lowest BCUT2D eigenvalue weighted by atomic mass is 9.77. The molecule has 1 aromatic rings. The molecule has 2 heterocycles. The second kappa shape index (κ2) is 4.88. The van der Waals surface area contributed by atoms with Crippen LogP contribution in [-0.4, -0.2) is 23.0 Å². The van der Waals surface area contributed by atoms with E-state index in [0.29, 0.717) is 5.82 Å². The zero-order chi connectivity index (χ0) is 12.4. The molecule has 0 aromatic carbocycles. The van der Waals surface area contributed by atoms with Gasteiger partial charge in [0.2, 0.25) is 0 Å². The summed E-state index contributed by atoms with van der Waals surface area (Å²) in [5.74, 6) is 0.613. The van der Waals surface area contributed by atoms with Crippen LogP contribution in [0.2, 0.25) is 0 Å². The van der Waals surface area contributed by atoms with Crippen molar-refractivity contribution in [3.05, 3.63) is 23.9 Å². The number of nitrogen functional groups attached to an aromatic ring is 1. The van der Waals surface area contributed by atoms with E-state index in [9.17, 15) is 0 Å². The van der Waals surface area contributed by atoms with Crippen LogP contribution < -0.4 is 5.73 Å². The van der Waals surface area contributed by atoms with Gasteiger partial charge in [-0.3, -0.25) is 4.90 Å². The Labute approximate surface area is 109 Å². The van der Waals surface area contributed by atoms with Gasteiger partial charge >= 0.3 is 0 Å². The number of nitrogens with two attached hydrogens (primary N) is 1. The minimum atomic E-state index is 0.613. The van der Waals surface area contributed by atoms with Crippen LogP contribution in [0.3, 0.4) is 0 Å². The molecule has 0 unspecified atom stereocenters. The molecule has 3 heteroatoms. The Morgan fingerprint density at radius 3 is 2.44 bits per heavy atom. The van der Waals surface area contributed by atoms with E-state index in [1.807, 2.05) is 12.3 Å². The van der Waals surface area contributed by atoms with E-state index in [-0.39, 0.29) is 0 Å². The van der Waals surface area contributed by atoms with Crippen LogP contribution in [0.5, 0.6) is 0 Å². The van der Waals surface area contributed by atoms with Crippen LogP contribution in [-0.2, 0) is 6.54 Å². The van der Waals surface area contributed by atoms with E-state index in [4.69, 9.17) is 5.73 Å². The molecule has 2 N–H and O–H groups in total. The van der Waals surface area contributed by atoms with Gasteiger partial charge in [-0.25, -0.2) is 4.98 Å². The number of anilines is 1. The standard InChI is InChI=1S/C15H23N3/c16-14-4-3-13(11-17-14)12-18-9-7-15(8-10-18)5-1-2-6-15/h3-4,11H,1-2,5-10,12H2,(H2,16,17). The summed E-state index contributed by atoms with van der Waals surface area (Å²) in [6.07, 6.45) is 10.6. The van der Waals surface area contributed by atoms with Crippen LogP contribution >= 0.6 is 0 Å². The van der Waals surface area contributed by atoms with Crippen molar-refractivity contribution >= 4 is 5.82 Å². The Morgan fingerprint density at radius 2 is 1.83 bits per heavy atom. The fraction of sp³-hybridized carbons (Fsp3) is 0.667. The number of likely N-dealkylation sites (tertiary alicyclic amines) is 1. The molecule has 1 aliphatic heterocycles. The highest BCUT2D eigenvalue weighted by Gasteiger charge is 2.36. The molecule has 1 saturated heterocycles. The smallest absolute Gasteiger partial charge is 0.123 e. The lowest BCUT2D eigenvalue weighted by Gasteiger charge is -2.39. The maximum atomic E-state index is 5.61. The molecule has 18 heavy (non-hydrogen) atoms. The second-order valence-electron chi connectivity index (χ2n) is 6.07. The predicted molar refractivity (Wildman–Crippen MR) is 74.1 cm³/mol. The molecule has 98 valence electrons. The van der Waals surface area contributed by atoms with Crippen molar-refractivity contribution in [2.24, 2.45) is 5.41 Å². The van der Waals surface area contributed by atoms with E-state index in [1.54, 1.807) is 0 Å². The van der Waals surface area contributed by atoms with E-state index in [0.717, 1.165) is 12.0 Å². The van der Waals surface area contributed by atoms with Crippen molar-refractivity contribution in [3.8, 4) is 0 Å². The largest absolute Gasteiger partial charge is 0.384 e. The lowest BCUT2D eigenvalue weighted by molar-refractivity contribution is 0.103. The third-order valence-corrected chi connectivity index (χ3v) is 4.83. The fourth-order valence-corrected chi connectivity index (χ4v) is 3.60.